The maximum Gasteiger partial charge on any atom is 0.329 e. The van der Waals surface area contributed by atoms with E-state index in [0.29, 0.717) is 56.9 Å². The molecule has 2 saturated heterocycles. The van der Waals surface area contributed by atoms with Crippen molar-refractivity contribution >= 4 is 23.4 Å². The molecule has 3 fully saturated rings. The largest absolute Gasteiger partial charge is 0.456 e. The summed E-state index contributed by atoms with van der Waals surface area (Å²) in [6.07, 6.45) is 4.60. The summed E-state index contributed by atoms with van der Waals surface area (Å²) < 4.78 is 29.8. The second kappa shape index (κ2) is 21.1. The molecule has 0 aromatic carbocycles. The number of fused-ring (bicyclic) bond motifs is 3. The van der Waals surface area contributed by atoms with Gasteiger partial charge in [-0.1, -0.05) is 51.8 Å². The molecule has 57 heavy (non-hydrogen) atoms. The fraction of sp³-hybridized carbons (Fsp3) is 0.818. The third kappa shape index (κ3) is 11.4. The van der Waals surface area contributed by atoms with Crippen molar-refractivity contribution < 1.29 is 58.2 Å². The van der Waals surface area contributed by atoms with Gasteiger partial charge in [-0.3, -0.25) is 14.4 Å². The smallest absolute Gasteiger partial charge is 0.329 e. The molecule has 0 radical (unpaired) electrons. The maximum absolute atomic E-state index is 14.3. The molecule has 3 aliphatic heterocycles. The van der Waals surface area contributed by atoms with Crippen LogP contribution in [0.3, 0.4) is 0 Å². The van der Waals surface area contributed by atoms with Crippen molar-refractivity contribution in [3.8, 4) is 0 Å². The number of aliphatic hydroxyl groups excluding tert-OH is 2. The molecule has 324 valence electrons. The monoisotopic (exact) mass is 805 g/mol. The highest BCUT2D eigenvalue weighted by atomic mass is 16.7. The van der Waals surface area contributed by atoms with Gasteiger partial charge in [-0.2, -0.15) is 0 Å². The van der Waals surface area contributed by atoms with Gasteiger partial charge in [-0.05, 0) is 95.5 Å². The fourth-order valence-electron chi connectivity index (χ4n) is 9.60. The SMILES string of the molecule is CCC[C@@H]1/C=C(/C)C[C@H](C)C[C@H](OC)[C@H]2O[C@@](O)(C(=O)C(=O)N3CCCC[C@H]3C(=O)O[C@H](/C(C)=C/[C@@H]3CC[C@@H](O)[C@H](OC)C3)[C@H](C)[C@@H](O)CC1=O)[C@H](C)C[C@@H]2OC. The van der Waals surface area contributed by atoms with Gasteiger partial charge in [0.15, 0.2) is 0 Å². The Morgan fingerprint density at radius 3 is 2.23 bits per heavy atom. The van der Waals surface area contributed by atoms with Crippen LogP contribution >= 0.6 is 0 Å². The van der Waals surface area contributed by atoms with Crippen LogP contribution in [0.1, 0.15) is 119 Å². The third-order valence-corrected chi connectivity index (χ3v) is 13.1. The van der Waals surface area contributed by atoms with Gasteiger partial charge in [0.2, 0.25) is 5.79 Å². The second-order valence-electron chi connectivity index (χ2n) is 17.5. The van der Waals surface area contributed by atoms with Crippen molar-refractivity contribution in [1.29, 1.82) is 0 Å². The van der Waals surface area contributed by atoms with Crippen LogP contribution in [0.4, 0.5) is 0 Å². The molecule has 3 N–H and O–H groups in total. The maximum atomic E-state index is 14.3. The number of piperidine rings is 1. The molecule has 4 rings (SSSR count). The van der Waals surface area contributed by atoms with E-state index in [-0.39, 0.29) is 49.5 Å². The van der Waals surface area contributed by atoms with Crippen molar-refractivity contribution in [1.82, 2.24) is 4.90 Å². The van der Waals surface area contributed by atoms with Gasteiger partial charge >= 0.3 is 5.97 Å². The van der Waals surface area contributed by atoms with Gasteiger partial charge in [0, 0.05) is 52.0 Å². The second-order valence-corrected chi connectivity index (χ2v) is 17.5. The highest BCUT2D eigenvalue weighted by Crippen LogP contribution is 2.39. The molecule has 2 bridgehead atoms. The molecule has 0 aromatic rings. The number of nitrogens with zero attached hydrogens (tertiary/aromatic N) is 1. The molecule has 0 unspecified atom stereocenters. The zero-order chi connectivity index (χ0) is 42.2. The fourth-order valence-corrected chi connectivity index (χ4v) is 9.60. The van der Waals surface area contributed by atoms with E-state index in [9.17, 15) is 34.5 Å². The van der Waals surface area contributed by atoms with Crippen LogP contribution in [0.15, 0.2) is 23.3 Å². The van der Waals surface area contributed by atoms with E-state index in [1.54, 1.807) is 21.0 Å². The summed E-state index contributed by atoms with van der Waals surface area (Å²) in [6, 6.07) is -1.13. The lowest BCUT2D eigenvalue weighted by atomic mass is 9.81. The van der Waals surface area contributed by atoms with Crippen LogP contribution in [0.5, 0.6) is 0 Å². The van der Waals surface area contributed by atoms with Gasteiger partial charge in [0.05, 0.1) is 30.5 Å². The number of ether oxygens (including phenoxy) is 5. The Morgan fingerprint density at radius 1 is 0.912 bits per heavy atom. The van der Waals surface area contributed by atoms with Gasteiger partial charge in [-0.15, -0.1) is 0 Å². The Balaban J connectivity index is 1.77. The minimum absolute atomic E-state index is 0.000416. The Bertz CT molecular complexity index is 1450. The molecular formula is C44H71NO12. The molecule has 1 amide bonds. The number of allylic oxidation sites excluding steroid dienone is 3. The standard InChI is InChI=1S/C44H71NO12/c1-10-13-31-19-25(2)18-26(3)20-37(54-8)40-38(55-9)22-28(5)44(52,57-40)41(49)42(50)45-17-12-11-14-32(45)43(51)56-39(29(6)34(47)24-35(31)48)27(4)21-30-15-16-33(46)36(23-30)53-7/h19,21,26,28-34,36-40,46-47,52H,10-18,20,22-24H2,1-9H3/b25-19-,27-21+/t26-,28+,29+,30-,31+,32-,33+,34-,36+,37-,38-,39+,40+,44+/m0/s1. The first-order valence-electron chi connectivity index (χ1n) is 21.3. The van der Waals surface area contributed by atoms with E-state index in [1.165, 1.54) is 19.1 Å². The molecule has 1 aliphatic carbocycles. The first kappa shape index (κ1) is 47.2. The van der Waals surface area contributed by atoms with Crippen molar-refractivity contribution in [2.45, 2.75) is 173 Å². The van der Waals surface area contributed by atoms with E-state index in [1.807, 2.05) is 32.9 Å². The van der Waals surface area contributed by atoms with Crippen molar-refractivity contribution in [2.75, 3.05) is 27.9 Å². The van der Waals surface area contributed by atoms with Crippen LogP contribution < -0.4 is 0 Å². The number of carbonyl (C=O) groups excluding carboxylic acids is 4. The molecule has 3 heterocycles. The average Bonchev–Trinajstić information content (AvgIpc) is 3.18. The summed E-state index contributed by atoms with van der Waals surface area (Å²) in [4.78, 5) is 57.9. The minimum Gasteiger partial charge on any atom is -0.456 e. The van der Waals surface area contributed by atoms with E-state index in [4.69, 9.17) is 23.7 Å². The summed E-state index contributed by atoms with van der Waals surface area (Å²) in [6.45, 7) is 11.4. The van der Waals surface area contributed by atoms with Crippen molar-refractivity contribution in [2.24, 2.45) is 29.6 Å². The lowest BCUT2D eigenvalue weighted by Crippen LogP contribution is -2.64. The van der Waals surface area contributed by atoms with Crippen LogP contribution in [-0.2, 0) is 42.9 Å². The van der Waals surface area contributed by atoms with Crippen LogP contribution in [-0.4, -0.2) is 126 Å². The van der Waals surface area contributed by atoms with Crippen LogP contribution in [0.25, 0.3) is 0 Å². The topological polar surface area (TPSA) is 178 Å². The van der Waals surface area contributed by atoms with Gasteiger partial charge in [-0.25, -0.2) is 4.79 Å². The number of hydrogen-bond donors (Lipinski definition) is 3. The van der Waals surface area contributed by atoms with E-state index in [0.717, 1.165) is 12.0 Å². The summed E-state index contributed by atoms with van der Waals surface area (Å²) in [5.74, 6) is -7.46. The van der Waals surface area contributed by atoms with Crippen molar-refractivity contribution in [3.63, 3.8) is 0 Å². The first-order chi connectivity index (χ1) is 27.0. The Morgan fingerprint density at radius 2 is 1.58 bits per heavy atom. The zero-order valence-corrected chi connectivity index (χ0v) is 35.8. The van der Waals surface area contributed by atoms with E-state index in [2.05, 4.69) is 6.92 Å². The van der Waals surface area contributed by atoms with Gasteiger partial charge < -0.3 is 43.9 Å². The number of Topliss-reactive ketones (excluding diaryl/α,β-unsaturated/α-hetero) is 2. The first-order valence-corrected chi connectivity index (χ1v) is 21.3. The number of aliphatic hydroxyl groups is 3. The van der Waals surface area contributed by atoms with Crippen LogP contribution in [0.2, 0.25) is 0 Å². The van der Waals surface area contributed by atoms with Gasteiger partial charge in [0.25, 0.3) is 11.7 Å². The summed E-state index contributed by atoms with van der Waals surface area (Å²) in [5, 5.41) is 34.2. The normalized spacial score (nSPS) is 41.1. The lowest BCUT2D eigenvalue weighted by molar-refractivity contribution is -0.302. The third-order valence-electron chi connectivity index (χ3n) is 13.1. The number of esters is 1. The quantitative estimate of drug-likeness (QED) is 0.181. The average molecular weight is 806 g/mol. The lowest BCUT2D eigenvalue weighted by Gasteiger charge is -2.47. The number of methoxy groups -OCH3 is 3. The molecule has 13 heteroatoms. The predicted octanol–water partition coefficient (Wildman–Crippen LogP) is 4.86. The summed E-state index contributed by atoms with van der Waals surface area (Å²) in [5.41, 5.74) is 1.67. The number of ketones is 2. The highest BCUT2D eigenvalue weighted by molar-refractivity contribution is 6.39. The molecule has 0 spiro atoms. The molecular weight excluding hydrogens is 734 g/mol. The van der Waals surface area contributed by atoms with E-state index >= 15 is 0 Å². The highest BCUT2D eigenvalue weighted by Gasteiger charge is 2.56. The summed E-state index contributed by atoms with van der Waals surface area (Å²) in [7, 11) is 4.64. The number of carbonyl (C=O) groups is 4. The number of rotatable bonds is 7. The van der Waals surface area contributed by atoms with Gasteiger partial charge in [0.1, 0.15) is 24.0 Å². The summed E-state index contributed by atoms with van der Waals surface area (Å²) >= 11 is 0. The van der Waals surface area contributed by atoms with E-state index < -0.39 is 83.9 Å². The Labute approximate surface area is 339 Å². The Kier molecular flexibility index (Phi) is 17.5. The minimum atomic E-state index is -2.50. The number of amides is 1. The number of hydrogen-bond acceptors (Lipinski definition) is 12. The molecule has 13 nitrogen and oxygen atoms in total. The number of cyclic esters (lactones) is 1. The Hall–Kier alpha value is -2.52. The molecule has 14 atom stereocenters. The molecule has 4 aliphatic rings. The van der Waals surface area contributed by atoms with Crippen molar-refractivity contribution in [3.05, 3.63) is 23.3 Å². The van der Waals surface area contributed by atoms with Crippen LogP contribution in [0, 0.1) is 29.6 Å². The zero-order valence-electron chi connectivity index (χ0n) is 35.8. The molecule has 1 saturated carbocycles. The molecule has 0 aromatic heterocycles. The predicted molar refractivity (Wildman–Crippen MR) is 213 cm³/mol.